The van der Waals surface area contributed by atoms with Crippen molar-refractivity contribution in [3.05, 3.63) is 0 Å². The topological polar surface area (TPSA) is 96.0 Å². The lowest BCUT2D eigenvalue weighted by Gasteiger charge is -2.21. The SMILES string of the molecule is CC(C)OC(=O)[C@H](CSC(=O)OCOC(=O)C(C)C)CC(=O)C(C)(C)S. The molecule has 26 heavy (non-hydrogen) atoms. The molecule has 0 unspecified atom stereocenters. The predicted molar refractivity (Wildman–Crippen MR) is 102 cm³/mol. The Hall–Kier alpha value is -1.22. The van der Waals surface area contributed by atoms with Crippen LogP contribution in [0.2, 0.25) is 0 Å². The average Bonchev–Trinajstić information content (AvgIpc) is 2.48. The van der Waals surface area contributed by atoms with Crippen LogP contribution in [0.25, 0.3) is 0 Å². The van der Waals surface area contributed by atoms with E-state index in [-0.39, 0.29) is 30.0 Å². The largest absolute Gasteiger partial charge is 0.463 e. The second kappa shape index (κ2) is 11.5. The van der Waals surface area contributed by atoms with E-state index in [1.165, 1.54) is 0 Å². The lowest BCUT2D eigenvalue weighted by atomic mass is 9.97. The highest BCUT2D eigenvalue weighted by atomic mass is 32.2. The van der Waals surface area contributed by atoms with Crippen molar-refractivity contribution in [3.63, 3.8) is 0 Å². The molecule has 0 aliphatic rings. The van der Waals surface area contributed by atoms with Gasteiger partial charge in [0.05, 0.1) is 22.7 Å². The zero-order valence-corrected chi connectivity index (χ0v) is 17.8. The second-order valence-corrected chi connectivity index (χ2v) is 8.88. The summed E-state index contributed by atoms with van der Waals surface area (Å²) in [4.78, 5) is 47.3. The van der Waals surface area contributed by atoms with Crippen LogP contribution in [0, 0.1) is 11.8 Å². The average molecular weight is 409 g/mol. The normalized spacial score (nSPS) is 12.7. The summed E-state index contributed by atoms with van der Waals surface area (Å²) >= 11 is 4.93. The lowest BCUT2D eigenvalue weighted by Crippen LogP contribution is -2.32. The number of rotatable bonds is 10. The Kier molecular flexibility index (Phi) is 10.9. The second-order valence-electron chi connectivity index (χ2n) is 6.81. The van der Waals surface area contributed by atoms with Crippen LogP contribution in [0.4, 0.5) is 4.79 Å². The van der Waals surface area contributed by atoms with Crippen molar-refractivity contribution in [1.29, 1.82) is 0 Å². The van der Waals surface area contributed by atoms with Gasteiger partial charge in [-0.05, 0) is 39.5 Å². The monoisotopic (exact) mass is 408 g/mol. The smallest absolute Gasteiger partial charge is 0.370 e. The van der Waals surface area contributed by atoms with Gasteiger partial charge in [-0.25, -0.2) is 4.79 Å². The molecule has 0 amide bonds. The highest BCUT2D eigenvalue weighted by Crippen LogP contribution is 2.23. The van der Waals surface area contributed by atoms with Crippen LogP contribution in [0.3, 0.4) is 0 Å². The molecule has 0 radical (unpaired) electrons. The standard InChI is InChI=1S/C17H28O7S2/c1-10(2)14(19)22-9-23-16(21)26-8-12(15(20)24-11(3)4)7-13(18)17(5,6)25/h10-12,25H,7-9H2,1-6H3/t12-/m0/s1. The third-order valence-electron chi connectivity index (χ3n) is 3.05. The summed E-state index contributed by atoms with van der Waals surface area (Å²) in [6.07, 6.45) is -0.429. The van der Waals surface area contributed by atoms with Crippen LogP contribution in [-0.2, 0) is 28.6 Å². The molecule has 0 spiro atoms. The molecule has 0 aromatic rings. The van der Waals surface area contributed by atoms with E-state index in [1.807, 2.05) is 0 Å². The summed E-state index contributed by atoms with van der Waals surface area (Å²) in [7, 11) is 0. The van der Waals surface area contributed by atoms with Gasteiger partial charge in [0, 0.05) is 12.2 Å². The number of hydrogen-bond acceptors (Lipinski definition) is 9. The molecule has 1 atom stereocenters. The van der Waals surface area contributed by atoms with Gasteiger partial charge in [0.15, 0.2) is 0 Å². The van der Waals surface area contributed by atoms with Gasteiger partial charge < -0.3 is 14.2 Å². The van der Waals surface area contributed by atoms with Gasteiger partial charge in [-0.2, -0.15) is 12.6 Å². The number of hydrogen-bond donors (Lipinski definition) is 1. The molecule has 7 nitrogen and oxygen atoms in total. The van der Waals surface area contributed by atoms with Crippen molar-refractivity contribution in [2.24, 2.45) is 11.8 Å². The number of ether oxygens (including phenoxy) is 3. The van der Waals surface area contributed by atoms with E-state index in [4.69, 9.17) is 14.2 Å². The minimum Gasteiger partial charge on any atom is -0.463 e. The highest BCUT2D eigenvalue weighted by molar-refractivity contribution is 8.13. The molecule has 0 fully saturated rings. The molecule has 0 aromatic carbocycles. The molecule has 0 saturated carbocycles. The lowest BCUT2D eigenvalue weighted by molar-refractivity contribution is -0.155. The number of carbonyl (C=O) groups is 4. The number of carbonyl (C=O) groups excluding carboxylic acids is 4. The molecule has 0 saturated heterocycles. The van der Waals surface area contributed by atoms with Gasteiger partial charge in [0.1, 0.15) is 5.78 Å². The Labute approximate surface area is 164 Å². The quantitative estimate of drug-likeness (QED) is 0.334. The Balaban J connectivity index is 4.62. The maximum absolute atomic E-state index is 12.2. The van der Waals surface area contributed by atoms with E-state index < -0.39 is 34.7 Å². The van der Waals surface area contributed by atoms with Crippen LogP contribution in [-0.4, -0.2) is 46.4 Å². The number of thioether (sulfide) groups is 1. The van der Waals surface area contributed by atoms with Gasteiger partial charge in [-0.3, -0.25) is 14.4 Å². The van der Waals surface area contributed by atoms with Crippen LogP contribution < -0.4 is 0 Å². The van der Waals surface area contributed by atoms with Crippen molar-refractivity contribution in [2.45, 2.75) is 58.8 Å². The first-order valence-electron chi connectivity index (χ1n) is 8.27. The fourth-order valence-corrected chi connectivity index (χ4v) is 2.34. The molecule has 0 rings (SSSR count). The van der Waals surface area contributed by atoms with E-state index in [1.54, 1.807) is 41.5 Å². The van der Waals surface area contributed by atoms with Crippen LogP contribution in [0.1, 0.15) is 48.0 Å². The first kappa shape index (κ1) is 24.8. The van der Waals surface area contributed by atoms with E-state index >= 15 is 0 Å². The molecule has 0 aromatic heterocycles. The van der Waals surface area contributed by atoms with Gasteiger partial charge in [0.25, 0.3) is 0 Å². The van der Waals surface area contributed by atoms with E-state index in [2.05, 4.69) is 12.6 Å². The predicted octanol–water partition coefficient (Wildman–Crippen LogP) is 3.25. The van der Waals surface area contributed by atoms with Gasteiger partial charge >= 0.3 is 17.2 Å². The molecule has 9 heteroatoms. The maximum atomic E-state index is 12.2. The maximum Gasteiger partial charge on any atom is 0.370 e. The molecule has 0 aliphatic carbocycles. The summed E-state index contributed by atoms with van der Waals surface area (Å²) in [6, 6.07) is 0. The summed E-state index contributed by atoms with van der Waals surface area (Å²) in [5, 5.41) is -0.707. The Morgan fingerprint density at radius 3 is 2.04 bits per heavy atom. The van der Waals surface area contributed by atoms with Gasteiger partial charge in [-0.15, -0.1) is 0 Å². The summed E-state index contributed by atoms with van der Waals surface area (Å²) < 4.78 is 13.8. The van der Waals surface area contributed by atoms with E-state index in [0.29, 0.717) is 0 Å². The number of esters is 2. The van der Waals surface area contributed by atoms with Crippen LogP contribution in [0.15, 0.2) is 0 Å². The van der Waals surface area contributed by atoms with E-state index in [9.17, 15) is 19.2 Å². The van der Waals surface area contributed by atoms with Crippen LogP contribution >= 0.6 is 24.4 Å². The van der Waals surface area contributed by atoms with Crippen molar-refractivity contribution >= 4 is 47.4 Å². The minimum absolute atomic E-state index is 0.0120. The first-order chi connectivity index (χ1) is 11.8. The van der Waals surface area contributed by atoms with Gasteiger partial charge in [0.2, 0.25) is 6.79 Å². The third-order valence-corrected chi connectivity index (χ3v) is 4.22. The van der Waals surface area contributed by atoms with Crippen molar-refractivity contribution < 1.29 is 33.4 Å². The zero-order valence-electron chi connectivity index (χ0n) is 16.1. The zero-order chi connectivity index (χ0) is 20.5. The fourth-order valence-electron chi connectivity index (χ4n) is 1.53. The third kappa shape index (κ3) is 10.7. The molecule has 0 N–H and O–H groups in total. The van der Waals surface area contributed by atoms with Crippen molar-refractivity contribution in [1.82, 2.24) is 0 Å². The minimum atomic E-state index is -0.896. The number of Topliss-reactive ketones (excluding diaryl/α,β-unsaturated/α-hetero) is 1. The Morgan fingerprint density at radius 1 is 1.00 bits per heavy atom. The van der Waals surface area contributed by atoms with Crippen molar-refractivity contribution in [2.75, 3.05) is 12.5 Å². The number of ketones is 1. The fraction of sp³-hybridized carbons (Fsp3) is 0.765. The molecule has 0 aliphatic heterocycles. The molecule has 0 bridgehead atoms. The van der Waals surface area contributed by atoms with Gasteiger partial charge in [-0.1, -0.05) is 13.8 Å². The summed E-state index contributed by atoms with van der Waals surface area (Å²) in [5.74, 6) is -2.39. The van der Waals surface area contributed by atoms with Crippen molar-refractivity contribution in [3.8, 4) is 0 Å². The molecule has 150 valence electrons. The molecule has 0 heterocycles. The summed E-state index contributed by atoms with van der Waals surface area (Å²) in [5.41, 5.74) is 0. The molecular formula is C17H28O7S2. The van der Waals surface area contributed by atoms with Crippen LogP contribution in [0.5, 0.6) is 0 Å². The molecular weight excluding hydrogens is 380 g/mol. The Bertz CT molecular complexity index is 510. The Morgan fingerprint density at radius 2 is 1.58 bits per heavy atom. The highest BCUT2D eigenvalue weighted by Gasteiger charge is 2.31. The van der Waals surface area contributed by atoms with E-state index in [0.717, 1.165) is 11.8 Å². The summed E-state index contributed by atoms with van der Waals surface area (Å²) in [6.45, 7) is 9.48. The first-order valence-corrected chi connectivity index (χ1v) is 9.70. The number of thiol groups is 1.